The zero-order valence-corrected chi connectivity index (χ0v) is 15.7. The molecule has 0 aliphatic carbocycles. The highest BCUT2D eigenvalue weighted by Crippen LogP contribution is 2.29. The van der Waals surface area contributed by atoms with E-state index in [1.54, 1.807) is 0 Å². The summed E-state index contributed by atoms with van der Waals surface area (Å²) in [6, 6.07) is 7.81. The maximum atomic E-state index is 12.4. The molecular formula is C18H14N4O5S. The second kappa shape index (κ2) is 6.57. The van der Waals surface area contributed by atoms with Crippen LogP contribution in [-0.2, 0) is 11.3 Å². The Kier molecular flexibility index (Phi) is 4.19. The van der Waals surface area contributed by atoms with Gasteiger partial charge in [0, 0.05) is 6.07 Å². The van der Waals surface area contributed by atoms with Gasteiger partial charge in [0.2, 0.25) is 5.91 Å². The van der Waals surface area contributed by atoms with E-state index in [-0.39, 0.29) is 17.8 Å². The average Bonchev–Trinajstić information content (AvgIpc) is 3.15. The number of nitro benzene ring substituents is 1. The van der Waals surface area contributed by atoms with Crippen molar-refractivity contribution in [1.29, 1.82) is 0 Å². The third kappa shape index (κ3) is 3.14. The molecule has 0 radical (unpaired) electrons. The molecule has 0 bridgehead atoms. The Hall–Kier alpha value is -3.53. The molecule has 28 heavy (non-hydrogen) atoms. The summed E-state index contributed by atoms with van der Waals surface area (Å²) in [7, 11) is 0. The van der Waals surface area contributed by atoms with Crippen LogP contribution in [0.1, 0.15) is 11.1 Å². The van der Waals surface area contributed by atoms with Crippen LogP contribution in [-0.4, -0.2) is 20.4 Å². The molecule has 4 aromatic rings. The number of aromatic nitrogens is 2. The Morgan fingerprint density at radius 2 is 2.11 bits per heavy atom. The van der Waals surface area contributed by atoms with Crippen LogP contribution < -0.4 is 11.1 Å². The van der Waals surface area contributed by atoms with Gasteiger partial charge in [0.1, 0.15) is 6.54 Å². The van der Waals surface area contributed by atoms with Crippen molar-refractivity contribution in [3.05, 3.63) is 62.1 Å². The first-order chi connectivity index (χ1) is 13.3. The van der Waals surface area contributed by atoms with Crippen LogP contribution in [0.5, 0.6) is 0 Å². The molecule has 1 N–H and O–H groups in total. The number of thiazole rings is 1. The summed E-state index contributed by atoms with van der Waals surface area (Å²) in [5.74, 6) is -1.21. The first-order valence-electron chi connectivity index (χ1n) is 8.27. The van der Waals surface area contributed by atoms with Crippen LogP contribution >= 0.6 is 11.3 Å². The Balaban J connectivity index is 1.60. The number of fused-ring (bicyclic) bond motifs is 2. The first-order valence-corrected chi connectivity index (χ1v) is 9.09. The molecule has 9 nitrogen and oxygen atoms in total. The number of nitrogens with one attached hydrogen (secondary N) is 1. The second-order valence-electron chi connectivity index (χ2n) is 6.36. The van der Waals surface area contributed by atoms with Gasteiger partial charge in [-0.2, -0.15) is 0 Å². The molecule has 0 unspecified atom stereocenters. The zero-order valence-electron chi connectivity index (χ0n) is 14.9. The normalized spacial score (nSPS) is 11.2. The SMILES string of the molecule is Cc1cc(C)c2nc(NC(=O)Cn3c(=O)oc4cc([N+](=O)[O-])ccc43)sc2c1. The van der Waals surface area contributed by atoms with Gasteiger partial charge in [0.25, 0.3) is 5.69 Å². The largest absolute Gasteiger partial charge is 0.420 e. The Labute approximate surface area is 161 Å². The topological polar surface area (TPSA) is 120 Å². The van der Waals surface area contributed by atoms with E-state index in [2.05, 4.69) is 10.3 Å². The summed E-state index contributed by atoms with van der Waals surface area (Å²) in [5.41, 5.74) is 3.11. The minimum atomic E-state index is -0.763. The number of carbonyl (C=O) groups is 1. The lowest BCUT2D eigenvalue weighted by molar-refractivity contribution is -0.384. The number of rotatable bonds is 4. The number of benzene rings is 2. The average molecular weight is 398 g/mol. The molecule has 0 fully saturated rings. The molecule has 10 heteroatoms. The Morgan fingerprint density at radius 3 is 2.86 bits per heavy atom. The second-order valence-corrected chi connectivity index (χ2v) is 7.39. The maximum absolute atomic E-state index is 12.4. The number of nitrogens with zero attached hydrogens (tertiary/aromatic N) is 3. The van der Waals surface area contributed by atoms with Crippen LogP contribution in [0.15, 0.2) is 39.5 Å². The molecule has 0 saturated heterocycles. The summed E-state index contributed by atoms with van der Waals surface area (Å²) in [6.45, 7) is 3.65. The van der Waals surface area contributed by atoms with E-state index in [1.807, 2.05) is 26.0 Å². The van der Waals surface area contributed by atoms with E-state index in [1.165, 1.54) is 23.5 Å². The molecule has 0 aliphatic heterocycles. The number of aryl methyl sites for hydroxylation is 2. The van der Waals surface area contributed by atoms with Gasteiger partial charge < -0.3 is 9.73 Å². The predicted octanol–water partition coefficient (Wildman–Crippen LogP) is 3.37. The van der Waals surface area contributed by atoms with Gasteiger partial charge in [-0.3, -0.25) is 19.5 Å². The van der Waals surface area contributed by atoms with Crippen LogP contribution in [0.2, 0.25) is 0 Å². The van der Waals surface area contributed by atoms with Gasteiger partial charge in [-0.15, -0.1) is 0 Å². The monoisotopic (exact) mass is 398 g/mol. The lowest BCUT2D eigenvalue weighted by Gasteiger charge is -2.02. The Morgan fingerprint density at radius 1 is 1.32 bits per heavy atom. The molecule has 2 aromatic carbocycles. The summed E-state index contributed by atoms with van der Waals surface area (Å²) >= 11 is 1.35. The van der Waals surface area contributed by atoms with Crippen molar-refractivity contribution in [2.45, 2.75) is 20.4 Å². The highest BCUT2D eigenvalue weighted by Gasteiger charge is 2.17. The van der Waals surface area contributed by atoms with Crippen LogP contribution in [0.25, 0.3) is 21.3 Å². The van der Waals surface area contributed by atoms with Gasteiger partial charge in [0.05, 0.1) is 26.7 Å². The number of amides is 1. The standard InChI is InChI=1S/C18H14N4O5S/c1-9-5-10(2)16-14(6-9)28-17(20-16)19-15(23)8-21-12-4-3-11(22(25)26)7-13(12)27-18(21)24/h3-7H,8H2,1-2H3,(H,19,20,23). The van der Waals surface area contributed by atoms with Gasteiger partial charge in [-0.1, -0.05) is 17.4 Å². The van der Waals surface area contributed by atoms with Crippen molar-refractivity contribution in [1.82, 2.24) is 9.55 Å². The van der Waals surface area contributed by atoms with Crippen molar-refractivity contribution in [3.8, 4) is 0 Å². The lowest BCUT2D eigenvalue weighted by Crippen LogP contribution is -2.24. The van der Waals surface area contributed by atoms with Crippen molar-refractivity contribution in [2.75, 3.05) is 5.32 Å². The molecule has 142 valence electrons. The quantitative estimate of drug-likeness (QED) is 0.416. The molecule has 2 aromatic heterocycles. The van der Waals surface area contributed by atoms with Crippen molar-refractivity contribution in [3.63, 3.8) is 0 Å². The van der Waals surface area contributed by atoms with Gasteiger partial charge >= 0.3 is 5.76 Å². The van der Waals surface area contributed by atoms with Crippen molar-refractivity contribution in [2.24, 2.45) is 0 Å². The molecule has 0 saturated carbocycles. The van der Waals surface area contributed by atoms with Crippen LogP contribution in [0.4, 0.5) is 10.8 Å². The highest BCUT2D eigenvalue weighted by molar-refractivity contribution is 7.22. The molecule has 4 rings (SSSR count). The molecular weight excluding hydrogens is 384 g/mol. The summed E-state index contributed by atoms with van der Waals surface area (Å²) in [6.07, 6.45) is 0. The van der Waals surface area contributed by atoms with Crippen molar-refractivity contribution >= 4 is 49.4 Å². The third-order valence-corrected chi connectivity index (χ3v) is 5.16. The molecule has 2 heterocycles. The van der Waals surface area contributed by atoms with E-state index in [0.717, 1.165) is 32.0 Å². The van der Waals surface area contributed by atoms with E-state index in [9.17, 15) is 19.7 Å². The zero-order chi connectivity index (χ0) is 20.0. The molecule has 1 amide bonds. The number of oxazole rings is 1. The summed E-state index contributed by atoms with van der Waals surface area (Å²) < 4.78 is 7.11. The summed E-state index contributed by atoms with van der Waals surface area (Å²) in [5, 5.41) is 14.0. The maximum Gasteiger partial charge on any atom is 0.420 e. The fourth-order valence-electron chi connectivity index (χ4n) is 3.04. The number of hydrogen-bond acceptors (Lipinski definition) is 7. The summed E-state index contributed by atoms with van der Waals surface area (Å²) in [4.78, 5) is 39.2. The number of carbonyl (C=O) groups excluding carboxylic acids is 1. The van der Waals surface area contributed by atoms with Crippen LogP contribution in [0.3, 0.4) is 0 Å². The Bertz CT molecular complexity index is 1320. The number of hydrogen-bond donors (Lipinski definition) is 1. The van der Waals surface area contributed by atoms with E-state index in [4.69, 9.17) is 4.42 Å². The van der Waals surface area contributed by atoms with E-state index >= 15 is 0 Å². The number of anilines is 1. The molecule has 0 aliphatic rings. The highest BCUT2D eigenvalue weighted by atomic mass is 32.1. The third-order valence-electron chi connectivity index (χ3n) is 4.24. The molecule has 0 spiro atoms. The van der Waals surface area contributed by atoms with Gasteiger partial charge in [-0.25, -0.2) is 9.78 Å². The van der Waals surface area contributed by atoms with Crippen LogP contribution in [0, 0.1) is 24.0 Å². The fourth-order valence-corrected chi connectivity index (χ4v) is 4.10. The molecule has 0 atom stereocenters. The minimum Gasteiger partial charge on any atom is -0.407 e. The first kappa shape index (κ1) is 17.9. The lowest BCUT2D eigenvalue weighted by atomic mass is 10.1. The fraction of sp³-hybridized carbons (Fsp3) is 0.167. The number of nitro groups is 1. The number of non-ortho nitro benzene ring substituents is 1. The van der Waals surface area contributed by atoms with Gasteiger partial charge in [-0.05, 0) is 37.1 Å². The predicted molar refractivity (Wildman–Crippen MR) is 105 cm³/mol. The minimum absolute atomic E-state index is 0.0538. The van der Waals surface area contributed by atoms with E-state index < -0.39 is 16.6 Å². The van der Waals surface area contributed by atoms with Crippen molar-refractivity contribution < 1.29 is 14.1 Å². The van der Waals surface area contributed by atoms with E-state index in [0.29, 0.717) is 10.6 Å². The van der Waals surface area contributed by atoms with Gasteiger partial charge in [0.15, 0.2) is 10.7 Å². The smallest absolute Gasteiger partial charge is 0.407 e.